The van der Waals surface area contributed by atoms with Gasteiger partial charge < -0.3 is 10.1 Å². The van der Waals surface area contributed by atoms with E-state index in [1.54, 1.807) is 6.20 Å². The number of nitrogens with one attached hydrogen (secondary N) is 1. The SMILES string of the molecule is CCC(CSC)Nc1ncccc1OC(C)C. The molecule has 1 aromatic heterocycles. The summed E-state index contributed by atoms with van der Waals surface area (Å²) >= 11 is 1.84. The standard InChI is InChI=1S/C13H22N2OS/c1-5-11(9-17-4)15-13-12(16-10(2)3)7-6-8-14-13/h6-8,10-11H,5,9H2,1-4H3,(H,14,15). The zero-order chi connectivity index (χ0) is 12.7. The maximum atomic E-state index is 5.74. The second-order valence-electron chi connectivity index (χ2n) is 4.22. The van der Waals surface area contributed by atoms with E-state index in [1.165, 1.54) is 0 Å². The number of pyridine rings is 1. The molecule has 0 aromatic carbocycles. The maximum Gasteiger partial charge on any atom is 0.169 e. The smallest absolute Gasteiger partial charge is 0.169 e. The molecular weight excluding hydrogens is 232 g/mol. The summed E-state index contributed by atoms with van der Waals surface area (Å²) in [5.41, 5.74) is 0. The van der Waals surface area contributed by atoms with Crippen LogP contribution >= 0.6 is 11.8 Å². The number of rotatable bonds is 7. The van der Waals surface area contributed by atoms with Gasteiger partial charge in [0.2, 0.25) is 0 Å². The lowest BCUT2D eigenvalue weighted by Gasteiger charge is -2.19. The molecule has 1 aromatic rings. The van der Waals surface area contributed by atoms with Crippen molar-refractivity contribution < 1.29 is 4.74 Å². The third-order valence-electron chi connectivity index (χ3n) is 2.33. The lowest BCUT2D eigenvalue weighted by molar-refractivity contribution is 0.242. The summed E-state index contributed by atoms with van der Waals surface area (Å²) in [6.07, 6.45) is 5.16. The summed E-state index contributed by atoms with van der Waals surface area (Å²) in [5.74, 6) is 2.76. The number of anilines is 1. The van der Waals surface area contributed by atoms with E-state index < -0.39 is 0 Å². The van der Waals surface area contributed by atoms with Crippen molar-refractivity contribution in [3.8, 4) is 5.75 Å². The molecule has 0 fully saturated rings. The van der Waals surface area contributed by atoms with E-state index >= 15 is 0 Å². The highest BCUT2D eigenvalue weighted by Gasteiger charge is 2.11. The zero-order valence-electron chi connectivity index (χ0n) is 11.1. The number of nitrogens with zero attached hydrogens (tertiary/aromatic N) is 1. The average molecular weight is 254 g/mol. The van der Waals surface area contributed by atoms with Crippen LogP contribution in [-0.4, -0.2) is 29.1 Å². The predicted octanol–water partition coefficient (Wildman–Crippen LogP) is 3.42. The van der Waals surface area contributed by atoms with Crippen LogP contribution in [0.1, 0.15) is 27.2 Å². The van der Waals surface area contributed by atoms with Crippen LogP contribution < -0.4 is 10.1 Å². The van der Waals surface area contributed by atoms with Crippen LogP contribution in [0.2, 0.25) is 0 Å². The highest BCUT2D eigenvalue weighted by Crippen LogP contribution is 2.23. The lowest BCUT2D eigenvalue weighted by Crippen LogP contribution is -2.22. The van der Waals surface area contributed by atoms with Gasteiger partial charge >= 0.3 is 0 Å². The van der Waals surface area contributed by atoms with Gasteiger partial charge in [0.25, 0.3) is 0 Å². The number of aromatic nitrogens is 1. The zero-order valence-corrected chi connectivity index (χ0v) is 11.9. The minimum atomic E-state index is 0.167. The first-order valence-corrected chi connectivity index (χ1v) is 7.43. The minimum Gasteiger partial charge on any atom is -0.487 e. The van der Waals surface area contributed by atoms with E-state index in [4.69, 9.17) is 4.74 Å². The Morgan fingerprint density at radius 3 is 2.82 bits per heavy atom. The summed E-state index contributed by atoms with van der Waals surface area (Å²) in [5, 5.41) is 3.45. The van der Waals surface area contributed by atoms with Gasteiger partial charge in [-0.1, -0.05) is 6.92 Å². The van der Waals surface area contributed by atoms with Crippen LogP contribution in [-0.2, 0) is 0 Å². The summed E-state index contributed by atoms with van der Waals surface area (Å²) < 4.78 is 5.74. The van der Waals surface area contributed by atoms with Crippen molar-refractivity contribution >= 4 is 17.6 Å². The number of ether oxygens (including phenoxy) is 1. The molecule has 0 saturated heterocycles. The minimum absolute atomic E-state index is 0.167. The van der Waals surface area contributed by atoms with Gasteiger partial charge in [-0.25, -0.2) is 4.98 Å². The van der Waals surface area contributed by atoms with Crippen molar-refractivity contribution in [3.05, 3.63) is 18.3 Å². The molecular formula is C13H22N2OS. The summed E-state index contributed by atoms with van der Waals surface area (Å²) in [6.45, 7) is 6.23. The Morgan fingerprint density at radius 1 is 1.47 bits per heavy atom. The third-order valence-corrected chi connectivity index (χ3v) is 3.07. The highest BCUT2D eigenvalue weighted by atomic mass is 32.2. The fourth-order valence-corrected chi connectivity index (χ4v) is 2.23. The molecule has 0 aliphatic heterocycles. The van der Waals surface area contributed by atoms with Gasteiger partial charge in [-0.3, -0.25) is 0 Å². The quantitative estimate of drug-likeness (QED) is 0.808. The first-order valence-electron chi connectivity index (χ1n) is 6.04. The monoisotopic (exact) mass is 254 g/mol. The van der Waals surface area contributed by atoms with Crippen molar-refractivity contribution in [1.82, 2.24) is 4.98 Å². The Kier molecular flexibility index (Phi) is 6.19. The third kappa shape index (κ3) is 4.86. The maximum absolute atomic E-state index is 5.74. The molecule has 1 heterocycles. The van der Waals surface area contributed by atoms with E-state index in [0.29, 0.717) is 6.04 Å². The first kappa shape index (κ1) is 14.2. The van der Waals surface area contributed by atoms with Crippen LogP contribution in [0.3, 0.4) is 0 Å². The first-order chi connectivity index (χ1) is 8.17. The van der Waals surface area contributed by atoms with Crippen molar-refractivity contribution in [3.63, 3.8) is 0 Å². The van der Waals surface area contributed by atoms with Crippen LogP contribution in [0.15, 0.2) is 18.3 Å². The Labute approximate surface area is 108 Å². The van der Waals surface area contributed by atoms with Gasteiger partial charge in [-0.05, 0) is 38.7 Å². The molecule has 1 N–H and O–H groups in total. The summed E-state index contributed by atoms with van der Waals surface area (Å²) in [7, 11) is 0. The van der Waals surface area contributed by atoms with Gasteiger partial charge in [0, 0.05) is 18.0 Å². The molecule has 0 amide bonds. The van der Waals surface area contributed by atoms with Gasteiger partial charge in [0.05, 0.1) is 6.10 Å². The number of hydrogen-bond acceptors (Lipinski definition) is 4. The normalized spacial score (nSPS) is 12.5. The van der Waals surface area contributed by atoms with Gasteiger partial charge in [-0.2, -0.15) is 11.8 Å². The van der Waals surface area contributed by atoms with E-state index in [0.717, 1.165) is 23.7 Å². The van der Waals surface area contributed by atoms with Crippen LogP contribution in [0, 0.1) is 0 Å². The van der Waals surface area contributed by atoms with Crippen molar-refractivity contribution in [2.24, 2.45) is 0 Å². The molecule has 96 valence electrons. The fourth-order valence-electron chi connectivity index (χ4n) is 1.50. The van der Waals surface area contributed by atoms with Gasteiger partial charge in [0.15, 0.2) is 11.6 Å². The molecule has 1 rings (SSSR count). The number of hydrogen-bond donors (Lipinski definition) is 1. The highest BCUT2D eigenvalue weighted by molar-refractivity contribution is 7.98. The van der Waals surface area contributed by atoms with E-state index in [1.807, 2.05) is 37.7 Å². The summed E-state index contributed by atoms with van der Waals surface area (Å²) in [6, 6.07) is 4.30. The van der Waals surface area contributed by atoms with Gasteiger partial charge in [0.1, 0.15) is 0 Å². The molecule has 3 nitrogen and oxygen atoms in total. The molecule has 17 heavy (non-hydrogen) atoms. The largest absolute Gasteiger partial charge is 0.487 e. The molecule has 0 saturated carbocycles. The van der Waals surface area contributed by atoms with Crippen molar-refractivity contribution in [1.29, 1.82) is 0 Å². The molecule has 0 aliphatic rings. The Bertz CT molecular complexity index is 331. The number of thioether (sulfide) groups is 1. The fraction of sp³-hybridized carbons (Fsp3) is 0.615. The lowest BCUT2D eigenvalue weighted by atomic mass is 10.2. The molecule has 0 bridgehead atoms. The van der Waals surface area contributed by atoms with E-state index in [-0.39, 0.29) is 6.10 Å². The van der Waals surface area contributed by atoms with Crippen LogP contribution in [0.25, 0.3) is 0 Å². The molecule has 4 heteroatoms. The second kappa shape index (κ2) is 7.43. The van der Waals surface area contributed by atoms with Crippen molar-refractivity contribution in [2.75, 3.05) is 17.3 Å². The molecule has 0 radical (unpaired) electrons. The van der Waals surface area contributed by atoms with Gasteiger partial charge in [-0.15, -0.1) is 0 Å². The Hall–Kier alpha value is -0.900. The van der Waals surface area contributed by atoms with Crippen LogP contribution in [0.4, 0.5) is 5.82 Å². The summed E-state index contributed by atoms with van der Waals surface area (Å²) in [4.78, 5) is 4.36. The van der Waals surface area contributed by atoms with Crippen molar-refractivity contribution in [2.45, 2.75) is 39.3 Å². The Morgan fingerprint density at radius 2 is 2.24 bits per heavy atom. The van der Waals surface area contributed by atoms with E-state index in [9.17, 15) is 0 Å². The van der Waals surface area contributed by atoms with E-state index in [2.05, 4.69) is 23.5 Å². The predicted molar refractivity (Wildman–Crippen MR) is 76.1 cm³/mol. The molecule has 0 aliphatic carbocycles. The topological polar surface area (TPSA) is 34.2 Å². The molecule has 1 unspecified atom stereocenters. The van der Waals surface area contributed by atoms with Crippen LogP contribution in [0.5, 0.6) is 5.75 Å². The second-order valence-corrected chi connectivity index (χ2v) is 5.13. The Balaban J connectivity index is 2.74. The molecule has 0 spiro atoms. The average Bonchev–Trinajstić information content (AvgIpc) is 2.30. The molecule has 1 atom stereocenters.